The molecule has 0 N–H and O–H groups in total. The van der Waals surface area contributed by atoms with Crippen LogP contribution in [0.15, 0.2) is 48.5 Å². The molecule has 2 aromatic rings. The molecule has 0 heterocycles. The smallest absolute Gasteiger partial charge is 0.416 e. The number of halogens is 3. The summed E-state index contributed by atoms with van der Waals surface area (Å²) >= 11 is 0. The van der Waals surface area contributed by atoms with Crippen LogP contribution in [-0.4, -0.2) is 23.5 Å². The van der Waals surface area contributed by atoms with Gasteiger partial charge in [-0.15, -0.1) is 0 Å². The molecule has 0 bridgehead atoms. The third-order valence-electron chi connectivity index (χ3n) is 4.54. The molecule has 1 aliphatic rings. The number of ether oxygens (including phenoxy) is 1. The summed E-state index contributed by atoms with van der Waals surface area (Å²) in [5.41, 5.74) is 0.456. The largest absolute Gasteiger partial charge is 0.493 e. The topological polar surface area (TPSA) is 29.5 Å². The second-order valence-electron chi connectivity index (χ2n) is 7.59. The minimum atomic E-state index is -4.41. The van der Waals surface area contributed by atoms with Crippen LogP contribution in [0.5, 0.6) is 5.75 Å². The van der Waals surface area contributed by atoms with Gasteiger partial charge in [-0.2, -0.15) is 13.2 Å². The van der Waals surface area contributed by atoms with Crippen LogP contribution in [0.2, 0.25) is 0 Å². The van der Waals surface area contributed by atoms with Crippen molar-refractivity contribution in [2.45, 2.75) is 45.5 Å². The molecule has 150 valence electrons. The lowest BCUT2D eigenvalue weighted by atomic mass is 10.1. The number of amides is 1. The fourth-order valence-electron chi connectivity index (χ4n) is 2.91. The Morgan fingerprint density at radius 2 is 1.82 bits per heavy atom. The summed E-state index contributed by atoms with van der Waals surface area (Å²) in [5.74, 6) is 0.918. The van der Waals surface area contributed by atoms with Gasteiger partial charge in [0, 0.05) is 18.2 Å². The third-order valence-corrected chi connectivity index (χ3v) is 4.54. The minimum Gasteiger partial charge on any atom is -0.493 e. The molecule has 28 heavy (non-hydrogen) atoms. The minimum absolute atomic E-state index is 0.134. The average Bonchev–Trinajstić information content (AvgIpc) is 3.49. The Bertz CT molecular complexity index is 811. The number of rotatable bonds is 7. The molecule has 1 fully saturated rings. The first kappa shape index (κ1) is 20.2. The zero-order chi connectivity index (χ0) is 20.3. The molecule has 3 rings (SSSR count). The fourth-order valence-corrected chi connectivity index (χ4v) is 2.91. The normalized spacial score (nSPS) is 14.2. The van der Waals surface area contributed by atoms with E-state index in [1.807, 2.05) is 24.3 Å². The quantitative estimate of drug-likeness (QED) is 0.620. The Morgan fingerprint density at radius 3 is 2.39 bits per heavy atom. The molecule has 0 atom stereocenters. The summed E-state index contributed by atoms with van der Waals surface area (Å²) in [5, 5.41) is 0. The van der Waals surface area contributed by atoms with Crippen LogP contribution in [0.3, 0.4) is 0 Å². The maximum Gasteiger partial charge on any atom is 0.416 e. The predicted octanol–water partition coefficient (Wildman–Crippen LogP) is 5.55. The Balaban J connectivity index is 1.73. The molecule has 1 aliphatic carbocycles. The van der Waals surface area contributed by atoms with E-state index in [0.29, 0.717) is 19.1 Å². The van der Waals surface area contributed by atoms with Crippen LogP contribution < -0.4 is 4.74 Å². The van der Waals surface area contributed by atoms with Gasteiger partial charge in [0.05, 0.1) is 12.2 Å². The molecule has 0 aliphatic heterocycles. The van der Waals surface area contributed by atoms with Crippen molar-refractivity contribution in [1.82, 2.24) is 4.90 Å². The molecule has 0 spiro atoms. The summed E-state index contributed by atoms with van der Waals surface area (Å²) in [6.45, 7) is 5.16. The van der Waals surface area contributed by atoms with Crippen LogP contribution in [0.4, 0.5) is 13.2 Å². The SMILES string of the molecule is CC(C)COc1cccc(CN(C(=O)c2ccc(C(F)(F)F)cc2)C2CC2)c1. The third kappa shape index (κ3) is 5.27. The monoisotopic (exact) mass is 391 g/mol. The van der Waals surface area contributed by atoms with E-state index in [-0.39, 0.29) is 17.5 Å². The number of hydrogen-bond donors (Lipinski definition) is 0. The van der Waals surface area contributed by atoms with Crippen molar-refractivity contribution in [2.24, 2.45) is 5.92 Å². The number of carbonyl (C=O) groups is 1. The molecule has 0 radical (unpaired) electrons. The number of carbonyl (C=O) groups excluding carboxylic acids is 1. The lowest BCUT2D eigenvalue weighted by molar-refractivity contribution is -0.137. The van der Waals surface area contributed by atoms with E-state index < -0.39 is 11.7 Å². The van der Waals surface area contributed by atoms with Gasteiger partial charge in [0.15, 0.2) is 0 Å². The molecular formula is C22H24F3NO2. The highest BCUT2D eigenvalue weighted by Crippen LogP contribution is 2.32. The first-order valence-corrected chi connectivity index (χ1v) is 9.44. The predicted molar refractivity (Wildman–Crippen MR) is 101 cm³/mol. The zero-order valence-corrected chi connectivity index (χ0v) is 16.0. The van der Waals surface area contributed by atoms with E-state index >= 15 is 0 Å². The second kappa shape index (κ2) is 8.25. The van der Waals surface area contributed by atoms with Gasteiger partial charge in [0.1, 0.15) is 5.75 Å². The second-order valence-corrected chi connectivity index (χ2v) is 7.59. The standard InChI is InChI=1S/C22H24F3NO2/c1-15(2)14-28-20-5-3-4-16(12-20)13-26(19-10-11-19)21(27)17-6-8-18(9-7-17)22(23,24)25/h3-9,12,15,19H,10-11,13-14H2,1-2H3. The lowest BCUT2D eigenvalue weighted by Gasteiger charge is -2.23. The highest BCUT2D eigenvalue weighted by atomic mass is 19.4. The molecule has 1 amide bonds. The van der Waals surface area contributed by atoms with Crippen molar-refractivity contribution in [3.05, 3.63) is 65.2 Å². The molecular weight excluding hydrogens is 367 g/mol. The van der Waals surface area contributed by atoms with Crippen LogP contribution in [-0.2, 0) is 12.7 Å². The van der Waals surface area contributed by atoms with Crippen LogP contribution in [0, 0.1) is 5.92 Å². The van der Waals surface area contributed by atoms with Gasteiger partial charge >= 0.3 is 6.18 Å². The number of benzene rings is 2. The summed E-state index contributed by atoms with van der Waals surface area (Å²) in [6, 6.07) is 12.2. The van der Waals surface area contributed by atoms with Gasteiger partial charge in [0.2, 0.25) is 0 Å². The summed E-state index contributed by atoms with van der Waals surface area (Å²) in [6.07, 6.45) is -2.58. The Hall–Kier alpha value is -2.50. The maximum atomic E-state index is 12.9. The number of hydrogen-bond acceptors (Lipinski definition) is 2. The molecule has 0 aromatic heterocycles. The summed E-state index contributed by atoms with van der Waals surface area (Å²) in [4.78, 5) is 14.6. The Morgan fingerprint density at radius 1 is 1.14 bits per heavy atom. The summed E-state index contributed by atoms with van der Waals surface area (Å²) < 4.78 is 44.0. The lowest BCUT2D eigenvalue weighted by Crippen LogP contribution is -2.32. The summed E-state index contributed by atoms with van der Waals surface area (Å²) in [7, 11) is 0. The van der Waals surface area contributed by atoms with Gasteiger partial charge in [0.25, 0.3) is 5.91 Å². The van der Waals surface area contributed by atoms with E-state index in [1.54, 1.807) is 4.90 Å². The van der Waals surface area contributed by atoms with Crippen molar-refractivity contribution in [3.63, 3.8) is 0 Å². The molecule has 3 nitrogen and oxygen atoms in total. The van der Waals surface area contributed by atoms with Gasteiger partial charge in [-0.1, -0.05) is 26.0 Å². The van der Waals surface area contributed by atoms with E-state index in [1.165, 1.54) is 12.1 Å². The highest BCUT2D eigenvalue weighted by Gasteiger charge is 2.34. The van der Waals surface area contributed by atoms with Gasteiger partial charge in [-0.25, -0.2) is 0 Å². The molecule has 1 saturated carbocycles. The van der Waals surface area contributed by atoms with Crippen LogP contribution in [0.25, 0.3) is 0 Å². The number of nitrogens with zero attached hydrogens (tertiary/aromatic N) is 1. The zero-order valence-electron chi connectivity index (χ0n) is 16.0. The maximum absolute atomic E-state index is 12.9. The highest BCUT2D eigenvalue weighted by molar-refractivity contribution is 5.94. The average molecular weight is 391 g/mol. The van der Waals surface area contributed by atoms with Crippen LogP contribution in [0.1, 0.15) is 48.2 Å². The van der Waals surface area contributed by atoms with Gasteiger partial charge in [-0.3, -0.25) is 4.79 Å². The first-order chi connectivity index (χ1) is 13.2. The van der Waals surface area contributed by atoms with Crippen LogP contribution >= 0.6 is 0 Å². The molecule has 0 unspecified atom stereocenters. The Labute approximate surface area is 163 Å². The fraction of sp³-hybridized carbons (Fsp3) is 0.409. The molecule has 0 saturated heterocycles. The molecule has 6 heteroatoms. The van der Waals surface area contributed by atoms with Crippen molar-refractivity contribution in [2.75, 3.05) is 6.61 Å². The molecule has 2 aromatic carbocycles. The van der Waals surface area contributed by atoms with E-state index in [4.69, 9.17) is 4.74 Å². The van der Waals surface area contributed by atoms with E-state index in [0.717, 1.165) is 36.3 Å². The van der Waals surface area contributed by atoms with E-state index in [2.05, 4.69) is 13.8 Å². The van der Waals surface area contributed by atoms with Crippen molar-refractivity contribution in [3.8, 4) is 5.75 Å². The van der Waals surface area contributed by atoms with Gasteiger partial charge in [-0.05, 0) is 60.7 Å². The van der Waals surface area contributed by atoms with Crippen molar-refractivity contribution in [1.29, 1.82) is 0 Å². The van der Waals surface area contributed by atoms with E-state index in [9.17, 15) is 18.0 Å². The van der Waals surface area contributed by atoms with Crippen molar-refractivity contribution >= 4 is 5.91 Å². The van der Waals surface area contributed by atoms with Gasteiger partial charge < -0.3 is 9.64 Å². The van der Waals surface area contributed by atoms with Crippen molar-refractivity contribution < 1.29 is 22.7 Å². The Kier molecular flexibility index (Phi) is 5.96. The first-order valence-electron chi connectivity index (χ1n) is 9.44. The number of alkyl halides is 3.